The highest BCUT2D eigenvalue weighted by atomic mass is 35.5. The number of aryl methyl sites for hydroxylation is 1. The molecule has 0 radical (unpaired) electrons. The van der Waals surface area contributed by atoms with Crippen LogP contribution >= 0.6 is 23.2 Å². The molecule has 2 aromatic rings. The third-order valence-electron chi connectivity index (χ3n) is 3.84. The summed E-state index contributed by atoms with van der Waals surface area (Å²) in [5.41, 5.74) is 1.43. The van der Waals surface area contributed by atoms with Crippen molar-refractivity contribution >= 4 is 46.3 Å². The summed E-state index contributed by atoms with van der Waals surface area (Å²) in [6.07, 6.45) is 0. The Morgan fingerprint density at radius 1 is 1.11 bits per heavy atom. The molecule has 148 valence electrons. The summed E-state index contributed by atoms with van der Waals surface area (Å²) < 4.78 is 10.4. The van der Waals surface area contributed by atoms with Crippen LogP contribution in [0.2, 0.25) is 10.0 Å². The van der Waals surface area contributed by atoms with Crippen molar-refractivity contribution < 1.29 is 19.1 Å². The highest BCUT2D eigenvalue weighted by molar-refractivity contribution is 6.34. The minimum Gasteiger partial charge on any atom is -0.495 e. The number of nitrogens with one attached hydrogen (secondary N) is 1. The lowest BCUT2D eigenvalue weighted by Crippen LogP contribution is -2.32. The first-order valence-electron chi connectivity index (χ1n) is 8.17. The number of hydrogen-bond donors (Lipinski definition) is 1. The number of benzene rings is 2. The summed E-state index contributed by atoms with van der Waals surface area (Å²) in [7, 11) is 2.86. The van der Waals surface area contributed by atoms with E-state index in [1.807, 2.05) is 0 Å². The lowest BCUT2D eigenvalue weighted by molar-refractivity contribution is -0.126. The smallest absolute Gasteiger partial charge is 0.258 e. The maximum atomic E-state index is 12.6. The predicted molar refractivity (Wildman–Crippen MR) is 108 cm³/mol. The van der Waals surface area contributed by atoms with Crippen molar-refractivity contribution in [1.82, 2.24) is 0 Å². The van der Waals surface area contributed by atoms with Gasteiger partial charge >= 0.3 is 0 Å². The molecule has 0 aromatic heterocycles. The molecule has 0 aliphatic carbocycles. The number of amides is 1. The third kappa shape index (κ3) is 4.79. The molecule has 0 aliphatic heterocycles. The minimum atomic E-state index is -1.36. The molecule has 1 amide bonds. The van der Waals surface area contributed by atoms with E-state index in [-0.39, 0.29) is 16.5 Å². The average Bonchev–Trinajstić information content (AvgIpc) is 2.64. The number of ketones is 1. The number of ether oxygens (including phenoxy) is 2. The quantitative estimate of drug-likeness (QED) is 0.501. The average molecular weight is 424 g/mol. The van der Waals surface area contributed by atoms with Gasteiger partial charge in [0, 0.05) is 0 Å². The van der Waals surface area contributed by atoms with Crippen molar-refractivity contribution in [2.24, 2.45) is 10.2 Å². The SMILES string of the molecule is COc1ccc(NC(=O)C(N=Nc2c(C)cccc2Cl)C(C)=O)c(OC)c1Cl. The van der Waals surface area contributed by atoms with Crippen LogP contribution in [0.3, 0.4) is 0 Å². The first-order chi connectivity index (χ1) is 13.3. The Morgan fingerprint density at radius 3 is 2.39 bits per heavy atom. The molecule has 7 nitrogen and oxygen atoms in total. The number of nitrogens with zero attached hydrogens (tertiary/aromatic N) is 2. The Balaban J connectivity index is 2.31. The summed E-state index contributed by atoms with van der Waals surface area (Å²) in [6.45, 7) is 3.05. The number of hydrogen-bond acceptors (Lipinski definition) is 6. The van der Waals surface area contributed by atoms with Crippen LogP contribution in [-0.4, -0.2) is 32.0 Å². The second-order valence-electron chi connectivity index (χ2n) is 5.79. The number of methoxy groups -OCH3 is 2. The van der Waals surface area contributed by atoms with Crippen LogP contribution in [0.25, 0.3) is 0 Å². The van der Waals surface area contributed by atoms with Crippen LogP contribution in [-0.2, 0) is 9.59 Å². The molecule has 1 unspecified atom stereocenters. The van der Waals surface area contributed by atoms with Crippen LogP contribution in [0.15, 0.2) is 40.6 Å². The van der Waals surface area contributed by atoms with E-state index in [0.29, 0.717) is 16.5 Å². The van der Waals surface area contributed by atoms with Crippen LogP contribution in [0, 0.1) is 6.92 Å². The Hall–Kier alpha value is -2.64. The van der Waals surface area contributed by atoms with Crippen LogP contribution in [0.5, 0.6) is 11.5 Å². The highest BCUT2D eigenvalue weighted by Gasteiger charge is 2.25. The van der Waals surface area contributed by atoms with E-state index in [1.54, 1.807) is 37.3 Å². The molecule has 0 spiro atoms. The lowest BCUT2D eigenvalue weighted by Gasteiger charge is -2.15. The lowest BCUT2D eigenvalue weighted by atomic mass is 10.2. The van der Waals surface area contributed by atoms with Crippen molar-refractivity contribution in [2.45, 2.75) is 19.9 Å². The van der Waals surface area contributed by atoms with Gasteiger partial charge in [-0.2, -0.15) is 10.2 Å². The van der Waals surface area contributed by atoms with Gasteiger partial charge in [0.25, 0.3) is 5.91 Å². The molecule has 2 aromatic carbocycles. The predicted octanol–water partition coefficient (Wildman–Crippen LogP) is 5.00. The molecule has 1 atom stereocenters. The Bertz CT molecular complexity index is 911. The summed E-state index contributed by atoms with van der Waals surface area (Å²) in [5.74, 6) is -0.575. The van der Waals surface area contributed by atoms with Gasteiger partial charge in [0.05, 0.1) is 24.9 Å². The fourth-order valence-electron chi connectivity index (χ4n) is 2.38. The molecule has 2 rings (SSSR count). The summed E-state index contributed by atoms with van der Waals surface area (Å²) in [4.78, 5) is 24.6. The van der Waals surface area contributed by atoms with Gasteiger partial charge in [-0.05, 0) is 37.6 Å². The summed E-state index contributed by atoms with van der Waals surface area (Å²) in [5, 5.41) is 11.1. The molecule has 0 fully saturated rings. The first kappa shape index (κ1) is 21.7. The molecule has 0 saturated carbocycles. The van der Waals surface area contributed by atoms with E-state index < -0.39 is 17.7 Å². The molecule has 0 bridgehead atoms. The van der Waals surface area contributed by atoms with Crippen LogP contribution in [0.4, 0.5) is 11.4 Å². The zero-order valence-corrected chi connectivity index (χ0v) is 17.3. The Kier molecular flexibility index (Phi) is 7.37. The zero-order chi connectivity index (χ0) is 20.8. The maximum absolute atomic E-state index is 12.6. The maximum Gasteiger partial charge on any atom is 0.258 e. The zero-order valence-electron chi connectivity index (χ0n) is 15.7. The van der Waals surface area contributed by atoms with Crippen molar-refractivity contribution in [3.8, 4) is 11.5 Å². The van der Waals surface area contributed by atoms with Gasteiger partial charge in [-0.1, -0.05) is 35.3 Å². The normalized spacial score (nSPS) is 11.9. The van der Waals surface area contributed by atoms with Crippen molar-refractivity contribution in [2.75, 3.05) is 19.5 Å². The van der Waals surface area contributed by atoms with E-state index in [1.165, 1.54) is 21.1 Å². The standard InChI is InChI=1S/C19H19Cl2N3O4/c1-10-6-5-7-12(20)16(10)23-24-17(11(2)25)19(26)22-13-8-9-14(27-3)15(21)18(13)28-4/h5-9,17H,1-4H3,(H,22,26). The highest BCUT2D eigenvalue weighted by Crippen LogP contribution is 2.40. The largest absolute Gasteiger partial charge is 0.495 e. The van der Waals surface area contributed by atoms with Gasteiger partial charge in [0.15, 0.2) is 11.5 Å². The van der Waals surface area contributed by atoms with E-state index in [2.05, 4.69) is 15.5 Å². The third-order valence-corrected chi connectivity index (χ3v) is 4.50. The number of anilines is 1. The number of carbonyl (C=O) groups is 2. The molecular weight excluding hydrogens is 405 g/mol. The van der Waals surface area contributed by atoms with Gasteiger partial charge in [-0.3, -0.25) is 9.59 Å². The molecule has 0 aliphatic rings. The summed E-state index contributed by atoms with van der Waals surface area (Å²) >= 11 is 12.3. The van der Waals surface area contributed by atoms with Gasteiger partial charge in [0.1, 0.15) is 16.5 Å². The summed E-state index contributed by atoms with van der Waals surface area (Å²) in [6, 6.07) is 6.97. The van der Waals surface area contributed by atoms with E-state index >= 15 is 0 Å². The molecule has 0 saturated heterocycles. The van der Waals surface area contributed by atoms with Gasteiger partial charge in [-0.15, -0.1) is 0 Å². The first-order valence-corrected chi connectivity index (χ1v) is 8.93. The minimum absolute atomic E-state index is 0.190. The van der Waals surface area contributed by atoms with Crippen LogP contribution < -0.4 is 14.8 Å². The van der Waals surface area contributed by atoms with Crippen molar-refractivity contribution in [3.63, 3.8) is 0 Å². The van der Waals surface area contributed by atoms with Gasteiger partial charge < -0.3 is 14.8 Å². The number of azo groups is 1. The molecular formula is C19H19Cl2N3O4. The van der Waals surface area contributed by atoms with E-state index in [0.717, 1.165) is 5.56 Å². The van der Waals surface area contributed by atoms with Crippen molar-refractivity contribution in [3.05, 3.63) is 45.9 Å². The monoisotopic (exact) mass is 423 g/mol. The van der Waals surface area contributed by atoms with E-state index in [4.69, 9.17) is 32.7 Å². The van der Waals surface area contributed by atoms with Crippen molar-refractivity contribution in [1.29, 1.82) is 0 Å². The molecule has 9 heteroatoms. The Labute approximate surface area is 172 Å². The number of Topliss-reactive ketones (excluding diaryl/α,β-unsaturated/α-hetero) is 1. The van der Waals surface area contributed by atoms with Gasteiger partial charge in [0.2, 0.25) is 6.04 Å². The molecule has 0 heterocycles. The Morgan fingerprint density at radius 2 is 1.82 bits per heavy atom. The fourth-order valence-corrected chi connectivity index (χ4v) is 2.96. The van der Waals surface area contributed by atoms with E-state index in [9.17, 15) is 9.59 Å². The fraction of sp³-hybridized carbons (Fsp3) is 0.263. The topological polar surface area (TPSA) is 89.4 Å². The molecule has 28 heavy (non-hydrogen) atoms. The second kappa shape index (κ2) is 9.52. The second-order valence-corrected chi connectivity index (χ2v) is 6.57. The molecule has 1 N–H and O–H groups in total. The number of carbonyl (C=O) groups excluding carboxylic acids is 2. The van der Waals surface area contributed by atoms with Crippen LogP contribution in [0.1, 0.15) is 12.5 Å². The van der Waals surface area contributed by atoms with Gasteiger partial charge in [-0.25, -0.2) is 0 Å². The number of rotatable bonds is 7. The number of halogens is 2.